The van der Waals surface area contributed by atoms with Crippen LogP contribution in [0.15, 0.2) is 10.6 Å². The first-order chi connectivity index (χ1) is 6.56. The predicted octanol–water partition coefficient (Wildman–Crippen LogP) is 0.925. The van der Waals surface area contributed by atoms with Gasteiger partial charge in [0.1, 0.15) is 11.7 Å². The highest BCUT2D eigenvalue weighted by Crippen LogP contribution is 2.20. The fourth-order valence-corrected chi connectivity index (χ4v) is 1.09. The number of carboxylic acid groups (broad SMARTS) is 1. The molecule has 0 amide bonds. The summed E-state index contributed by atoms with van der Waals surface area (Å²) in [5, 5.41) is 12.5. The predicted molar refractivity (Wildman–Crippen MR) is 50.0 cm³/mol. The van der Waals surface area contributed by atoms with Gasteiger partial charge < -0.3 is 15.4 Å². The fourth-order valence-electron chi connectivity index (χ4n) is 1.09. The molecule has 1 aromatic heterocycles. The minimum absolute atomic E-state index is 0.0272. The van der Waals surface area contributed by atoms with Crippen LogP contribution in [0.4, 0.5) is 0 Å². The van der Waals surface area contributed by atoms with Crippen molar-refractivity contribution in [2.45, 2.75) is 25.7 Å². The number of carbonyl (C=O) groups is 1. The second-order valence-corrected chi connectivity index (χ2v) is 3.44. The first kappa shape index (κ1) is 10.7. The van der Waals surface area contributed by atoms with Gasteiger partial charge in [0, 0.05) is 18.5 Å². The van der Waals surface area contributed by atoms with E-state index in [-0.39, 0.29) is 12.5 Å². The van der Waals surface area contributed by atoms with Crippen molar-refractivity contribution in [3.05, 3.63) is 17.5 Å². The lowest BCUT2D eigenvalue weighted by atomic mass is 10.0. The van der Waals surface area contributed by atoms with Crippen molar-refractivity contribution in [1.82, 2.24) is 5.16 Å². The van der Waals surface area contributed by atoms with E-state index >= 15 is 0 Å². The molecule has 0 aliphatic heterocycles. The second kappa shape index (κ2) is 4.23. The van der Waals surface area contributed by atoms with Gasteiger partial charge in [0.2, 0.25) is 0 Å². The molecule has 1 rings (SSSR count). The number of hydrogen-bond acceptors (Lipinski definition) is 4. The van der Waals surface area contributed by atoms with Gasteiger partial charge in [-0.05, 0) is 0 Å². The Hall–Kier alpha value is -1.36. The van der Waals surface area contributed by atoms with E-state index in [1.165, 1.54) is 0 Å². The molecule has 3 N–H and O–H groups in total. The van der Waals surface area contributed by atoms with Crippen LogP contribution in [-0.2, 0) is 4.79 Å². The molecule has 1 heterocycles. The Labute approximate surface area is 81.9 Å². The Morgan fingerprint density at radius 3 is 2.71 bits per heavy atom. The van der Waals surface area contributed by atoms with E-state index in [9.17, 15) is 4.79 Å². The molecular formula is C9H14N2O3. The summed E-state index contributed by atoms with van der Waals surface area (Å²) in [5.41, 5.74) is 5.72. The van der Waals surface area contributed by atoms with Crippen molar-refractivity contribution in [3.8, 4) is 0 Å². The third kappa shape index (κ3) is 2.11. The highest BCUT2D eigenvalue weighted by atomic mass is 16.5. The molecule has 14 heavy (non-hydrogen) atoms. The van der Waals surface area contributed by atoms with Gasteiger partial charge in [-0.15, -0.1) is 0 Å². The van der Waals surface area contributed by atoms with Crippen LogP contribution in [0.25, 0.3) is 0 Å². The van der Waals surface area contributed by atoms with Crippen LogP contribution < -0.4 is 5.73 Å². The number of carboxylic acids is 1. The number of aliphatic carboxylic acids is 1. The summed E-state index contributed by atoms with van der Waals surface area (Å²) in [6, 6.07) is 1.65. The smallest absolute Gasteiger partial charge is 0.314 e. The number of rotatable bonds is 4. The maximum Gasteiger partial charge on any atom is 0.314 e. The number of aromatic nitrogens is 1. The largest absolute Gasteiger partial charge is 0.481 e. The standard InChI is InChI=1S/C9H14N2O3/c1-5(2)8-3-7(11-14-8)6(4-10)9(12)13/h3,5-6H,4,10H2,1-2H3,(H,12,13). The van der Waals surface area contributed by atoms with Crippen LogP contribution in [0.1, 0.15) is 37.1 Å². The highest BCUT2D eigenvalue weighted by molar-refractivity contribution is 5.75. The molecule has 1 atom stereocenters. The van der Waals surface area contributed by atoms with E-state index < -0.39 is 11.9 Å². The Bertz CT molecular complexity index is 320. The molecule has 0 aliphatic carbocycles. The maximum absolute atomic E-state index is 10.7. The summed E-state index contributed by atoms with van der Waals surface area (Å²) >= 11 is 0. The molecule has 1 aromatic rings. The zero-order valence-electron chi connectivity index (χ0n) is 8.23. The molecule has 0 fully saturated rings. The SMILES string of the molecule is CC(C)c1cc(C(CN)C(=O)O)no1. The zero-order chi connectivity index (χ0) is 10.7. The molecule has 78 valence electrons. The van der Waals surface area contributed by atoms with Crippen LogP contribution in [-0.4, -0.2) is 22.8 Å². The van der Waals surface area contributed by atoms with Crippen LogP contribution in [0.2, 0.25) is 0 Å². The van der Waals surface area contributed by atoms with Gasteiger partial charge in [0.15, 0.2) is 0 Å². The van der Waals surface area contributed by atoms with Gasteiger partial charge in [-0.2, -0.15) is 0 Å². The minimum atomic E-state index is -0.976. The molecule has 1 unspecified atom stereocenters. The molecule has 0 saturated heterocycles. The van der Waals surface area contributed by atoms with E-state index in [1.807, 2.05) is 13.8 Å². The lowest BCUT2D eigenvalue weighted by Crippen LogP contribution is -2.21. The Morgan fingerprint density at radius 2 is 2.36 bits per heavy atom. The lowest BCUT2D eigenvalue weighted by Gasteiger charge is -2.03. The topological polar surface area (TPSA) is 89.4 Å². The summed E-state index contributed by atoms with van der Waals surface area (Å²) < 4.78 is 4.99. The van der Waals surface area contributed by atoms with Gasteiger partial charge in [0.05, 0.1) is 5.69 Å². The molecule has 0 saturated carbocycles. The molecule has 5 heteroatoms. The average molecular weight is 198 g/mol. The lowest BCUT2D eigenvalue weighted by molar-refractivity contribution is -0.138. The van der Waals surface area contributed by atoms with E-state index in [1.54, 1.807) is 6.07 Å². The van der Waals surface area contributed by atoms with Gasteiger partial charge in [-0.25, -0.2) is 0 Å². The van der Waals surface area contributed by atoms with Crippen LogP contribution in [0, 0.1) is 0 Å². The second-order valence-electron chi connectivity index (χ2n) is 3.44. The summed E-state index contributed by atoms with van der Waals surface area (Å²) in [6.07, 6.45) is 0. The molecule has 0 aromatic carbocycles. The number of nitrogens with two attached hydrogens (primary N) is 1. The minimum Gasteiger partial charge on any atom is -0.481 e. The third-order valence-corrected chi connectivity index (χ3v) is 2.01. The Morgan fingerprint density at radius 1 is 1.71 bits per heavy atom. The van der Waals surface area contributed by atoms with Crippen molar-refractivity contribution in [3.63, 3.8) is 0 Å². The summed E-state index contributed by atoms with van der Waals surface area (Å²) in [4.78, 5) is 10.7. The van der Waals surface area contributed by atoms with E-state index in [0.717, 1.165) is 0 Å². The zero-order valence-corrected chi connectivity index (χ0v) is 8.23. The highest BCUT2D eigenvalue weighted by Gasteiger charge is 2.22. The van der Waals surface area contributed by atoms with Crippen molar-refractivity contribution in [2.75, 3.05) is 6.54 Å². The Kier molecular flexibility index (Phi) is 3.24. The summed E-state index contributed by atoms with van der Waals surface area (Å²) in [7, 11) is 0. The Balaban J connectivity index is 2.89. The normalized spacial score (nSPS) is 13.1. The first-order valence-electron chi connectivity index (χ1n) is 4.45. The van der Waals surface area contributed by atoms with Crippen molar-refractivity contribution < 1.29 is 14.4 Å². The van der Waals surface area contributed by atoms with E-state index in [0.29, 0.717) is 11.5 Å². The quantitative estimate of drug-likeness (QED) is 0.751. The molecule has 0 aliphatic rings. The van der Waals surface area contributed by atoms with Crippen molar-refractivity contribution in [2.24, 2.45) is 5.73 Å². The summed E-state index contributed by atoms with van der Waals surface area (Å²) in [5.74, 6) is -0.870. The molecule has 0 radical (unpaired) electrons. The van der Waals surface area contributed by atoms with Gasteiger partial charge in [-0.1, -0.05) is 19.0 Å². The number of nitrogens with zero attached hydrogens (tertiary/aromatic N) is 1. The van der Waals surface area contributed by atoms with Crippen LogP contribution in [0.5, 0.6) is 0 Å². The monoisotopic (exact) mass is 198 g/mol. The maximum atomic E-state index is 10.7. The van der Waals surface area contributed by atoms with Gasteiger partial charge >= 0.3 is 5.97 Å². The molecule has 0 bridgehead atoms. The fraction of sp³-hybridized carbons (Fsp3) is 0.556. The van der Waals surface area contributed by atoms with Crippen molar-refractivity contribution >= 4 is 5.97 Å². The molecular weight excluding hydrogens is 184 g/mol. The molecule has 0 spiro atoms. The van der Waals surface area contributed by atoms with Crippen LogP contribution >= 0.6 is 0 Å². The van der Waals surface area contributed by atoms with Gasteiger partial charge in [-0.3, -0.25) is 4.79 Å². The van der Waals surface area contributed by atoms with E-state index in [2.05, 4.69) is 5.16 Å². The van der Waals surface area contributed by atoms with Crippen molar-refractivity contribution in [1.29, 1.82) is 0 Å². The molecule has 5 nitrogen and oxygen atoms in total. The summed E-state index contributed by atoms with van der Waals surface area (Å²) in [6.45, 7) is 3.92. The average Bonchev–Trinajstić information content (AvgIpc) is 2.53. The van der Waals surface area contributed by atoms with E-state index in [4.69, 9.17) is 15.4 Å². The third-order valence-electron chi connectivity index (χ3n) is 2.01. The van der Waals surface area contributed by atoms with Crippen LogP contribution in [0.3, 0.4) is 0 Å². The number of hydrogen-bond donors (Lipinski definition) is 2. The van der Waals surface area contributed by atoms with Gasteiger partial charge in [0.25, 0.3) is 0 Å². The first-order valence-corrected chi connectivity index (χ1v) is 4.45.